The summed E-state index contributed by atoms with van der Waals surface area (Å²) < 4.78 is 0. The van der Waals surface area contributed by atoms with Gasteiger partial charge in [-0.15, -0.1) is 0 Å². The van der Waals surface area contributed by atoms with Crippen molar-refractivity contribution in [1.29, 1.82) is 0 Å². The smallest absolute Gasteiger partial charge is 0.248 e. The lowest BCUT2D eigenvalue weighted by Crippen LogP contribution is -2.55. The van der Waals surface area contributed by atoms with Crippen LogP contribution in [0.4, 0.5) is 17.1 Å². The molecule has 0 bridgehead atoms. The van der Waals surface area contributed by atoms with Gasteiger partial charge < -0.3 is 4.90 Å². The molecule has 0 amide bonds. The van der Waals surface area contributed by atoms with Gasteiger partial charge in [0.2, 0.25) is 6.71 Å². The molecule has 0 fully saturated rings. The Bertz CT molecular complexity index is 2820. The second kappa shape index (κ2) is 12.6. The maximum Gasteiger partial charge on any atom is 0.248 e. The summed E-state index contributed by atoms with van der Waals surface area (Å²) in [6.45, 7) is 13.8. The normalized spacial score (nSPS) is 13.1. The van der Waals surface area contributed by atoms with E-state index in [9.17, 15) is 0 Å². The van der Waals surface area contributed by atoms with Crippen molar-refractivity contribution in [2.75, 3.05) is 4.90 Å². The summed E-state index contributed by atoms with van der Waals surface area (Å²) in [5.74, 6) is 1.96. The van der Waals surface area contributed by atoms with Gasteiger partial charge in [-0.3, -0.25) is 0 Å². The second-order valence-electron chi connectivity index (χ2n) is 17.3. The molecule has 0 radical (unpaired) electrons. The van der Waals surface area contributed by atoms with Crippen molar-refractivity contribution >= 4 is 50.9 Å². The number of benzene rings is 7. The Morgan fingerprint density at radius 3 is 1.84 bits per heavy atom. The maximum atomic E-state index is 5.32. The summed E-state index contributed by atoms with van der Waals surface area (Å²) in [5, 5.41) is 2.27. The highest BCUT2D eigenvalue weighted by Crippen LogP contribution is 2.44. The van der Waals surface area contributed by atoms with Gasteiger partial charge in [0, 0.05) is 33.8 Å². The van der Waals surface area contributed by atoms with Crippen LogP contribution in [0.15, 0.2) is 152 Å². The van der Waals surface area contributed by atoms with Crippen LogP contribution in [-0.2, 0) is 10.8 Å². The van der Waals surface area contributed by atoms with E-state index in [0.29, 0.717) is 17.5 Å². The molecule has 0 aliphatic carbocycles. The first-order chi connectivity index (χ1) is 27.0. The molecule has 270 valence electrons. The topological polar surface area (TPSA) is 41.9 Å². The molecule has 2 aliphatic heterocycles. The minimum Gasteiger partial charge on any atom is -0.311 e. The van der Waals surface area contributed by atoms with Gasteiger partial charge in [0.15, 0.2) is 17.5 Å². The summed E-state index contributed by atoms with van der Waals surface area (Å²) in [7, 11) is 0. The molecule has 0 atom stereocenters. The van der Waals surface area contributed by atoms with Crippen LogP contribution >= 0.6 is 0 Å². The number of hydrogen-bond acceptors (Lipinski definition) is 4. The van der Waals surface area contributed by atoms with Crippen LogP contribution < -0.4 is 21.3 Å². The van der Waals surface area contributed by atoms with E-state index >= 15 is 0 Å². The van der Waals surface area contributed by atoms with Crippen molar-refractivity contribution in [2.24, 2.45) is 0 Å². The lowest BCUT2D eigenvalue weighted by molar-refractivity contribution is 0.590. The SMILES string of the molecule is CC(C)(C)c1ccc(N2c3ccc(C(C)(C)C)cc3B3c4ccccc4-c4cc(-c5nc(-c6ccccc6)nc(-c6cccc7ccccc67)n5)cc2c43)cc1. The van der Waals surface area contributed by atoms with Gasteiger partial charge in [0.25, 0.3) is 0 Å². The van der Waals surface area contributed by atoms with Crippen molar-refractivity contribution in [3.05, 3.63) is 163 Å². The number of fused-ring (bicyclic) bond motifs is 6. The van der Waals surface area contributed by atoms with E-state index in [-0.39, 0.29) is 17.5 Å². The predicted octanol–water partition coefficient (Wildman–Crippen LogP) is 10.9. The molecule has 0 N–H and O–H groups in total. The molecule has 0 saturated carbocycles. The van der Waals surface area contributed by atoms with E-state index in [0.717, 1.165) is 38.8 Å². The van der Waals surface area contributed by atoms with Crippen LogP contribution in [0.25, 0.3) is 56.1 Å². The Labute approximate surface area is 330 Å². The number of nitrogens with zero attached hydrogens (tertiary/aromatic N) is 4. The largest absolute Gasteiger partial charge is 0.311 e. The summed E-state index contributed by atoms with van der Waals surface area (Å²) >= 11 is 0. The van der Waals surface area contributed by atoms with Gasteiger partial charge >= 0.3 is 0 Å². The van der Waals surface area contributed by atoms with Crippen LogP contribution in [-0.4, -0.2) is 21.7 Å². The average Bonchev–Trinajstić information content (AvgIpc) is 3.55. The van der Waals surface area contributed by atoms with Crippen molar-refractivity contribution in [1.82, 2.24) is 15.0 Å². The third-order valence-corrected chi connectivity index (χ3v) is 11.6. The van der Waals surface area contributed by atoms with Crippen LogP contribution in [0.5, 0.6) is 0 Å². The van der Waals surface area contributed by atoms with Gasteiger partial charge in [-0.05, 0) is 85.1 Å². The van der Waals surface area contributed by atoms with Crippen molar-refractivity contribution < 1.29 is 0 Å². The summed E-state index contributed by atoms with van der Waals surface area (Å²) in [5.41, 5.74) is 15.6. The molecule has 10 rings (SSSR count). The Morgan fingerprint density at radius 1 is 0.446 bits per heavy atom. The Hall–Kier alpha value is -6.33. The van der Waals surface area contributed by atoms with Gasteiger partial charge in [-0.2, -0.15) is 0 Å². The molecule has 8 aromatic rings. The maximum absolute atomic E-state index is 5.32. The quantitative estimate of drug-likeness (QED) is 0.170. The lowest BCUT2D eigenvalue weighted by atomic mass is 9.37. The van der Waals surface area contributed by atoms with Crippen molar-refractivity contribution in [3.63, 3.8) is 0 Å². The first-order valence-corrected chi connectivity index (χ1v) is 19.7. The molecule has 1 aromatic heterocycles. The zero-order chi connectivity index (χ0) is 38.3. The first-order valence-electron chi connectivity index (χ1n) is 19.7. The van der Waals surface area contributed by atoms with E-state index in [4.69, 9.17) is 15.0 Å². The van der Waals surface area contributed by atoms with Crippen LogP contribution in [0, 0.1) is 0 Å². The van der Waals surface area contributed by atoms with E-state index in [1.807, 2.05) is 18.2 Å². The number of hydrogen-bond donors (Lipinski definition) is 0. The fraction of sp³-hybridized carbons (Fsp3) is 0.157. The lowest BCUT2D eigenvalue weighted by Gasteiger charge is -2.37. The fourth-order valence-electron chi connectivity index (χ4n) is 8.69. The van der Waals surface area contributed by atoms with Gasteiger partial charge in [0.1, 0.15) is 0 Å². The molecule has 3 heterocycles. The average molecular weight is 723 g/mol. The van der Waals surface area contributed by atoms with Gasteiger partial charge in [-0.1, -0.05) is 168 Å². The molecule has 4 nitrogen and oxygen atoms in total. The highest BCUT2D eigenvalue weighted by molar-refractivity contribution is 7.01. The third kappa shape index (κ3) is 5.56. The molecule has 0 saturated heterocycles. The Balaban J connectivity index is 1.25. The Morgan fingerprint density at radius 2 is 1.07 bits per heavy atom. The molecule has 56 heavy (non-hydrogen) atoms. The summed E-state index contributed by atoms with van der Waals surface area (Å²) in [6, 6.07) is 55.0. The monoisotopic (exact) mass is 722 g/mol. The zero-order valence-electron chi connectivity index (χ0n) is 32.8. The molecule has 7 aromatic carbocycles. The standard InChI is InChI=1S/C51H43BN4/c1-50(2,3)35-23-26-37(27-24-35)56-44-28-25-36(51(4,5)6)31-43(44)52-42-22-13-12-20-39(42)41-29-34(30-45(56)46(41)52)48-53-47(33-16-8-7-9-17-33)54-49(55-48)40-21-14-18-32-15-10-11-19-38(32)40/h7-31H,1-6H3. The van der Waals surface area contributed by atoms with Gasteiger partial charge in [0.05, 0.1) is 0 Å². The van der Waals surface area contributed by atoms with E-state index in [1.54, 1.807) is 0 Å². The summed E-state index contributed by atoms with van der Waals surface area (Å²) in [4.78, 5) is 18.2. The van der Waals surface area contributed by atoms with E-state index < -0.39 is 0 Å². The molecule has 2 aliphatic rings. The van der Waals surface area contributed by atoms with Crippen LogP contribution in [0.2, 0.25) is 0 Å². The molecular weight excluding hydrogens is 679 g/mol. The number of rotatable bonds is 4. The predicted molar refractivity (Wildman–Crippen MR) is 236 cm³/mol. The van der Waals surface area contributed by atoms with E-state index in [1.165, 1.54) is 44.3 Å². The highest BCUT2D eigenvalue weighted by Gasteiger charge is 2.43. The minimum absolute atomic E-state index is 0.0102. The highest BCUT2D eigenvalue weighted by atomic mass is 15.2. The summed E-state index contributed by atoms with van der Waals surface area (Å²) in [6.07, 6.45) is 0. The second-order valence-corrected chi connectivity index (χ2v) is 17.3. The number of aromatic nitrogens is 3. The van der Waals surface area contributed by atoms with E-state index in [2.05, 4.69) is 180 Å². The Kier molecular flexibility index (Phi) is 7.70. The van der Waals surface area contributed by atoms with Crippen molar-refractivity contribution in [2.45, 2.75) is 52.4 Å². The zero-order valence-corrected chi connectivity index (χ0v) is 32.8. The van der Waals surface area contributed by atoms with Crippen LogP contribution in [0.1, 0.15) is 52.7 Å². The molecule has 0 spiro atoms. The van der Waals surface area contributed by atoms with Crippen molar-refractivity contribution in [3.8, 4) is 45.3 Å². The fourth-order valence-corrected chi connectivity index (χ4v) is 8.69. The molecule has 5 heteroatoms. The minimum atomic E-state index is 0.0102. The molecular formula is C51H43BN4. The van der Waals surface area contributed by atoms with Gasteiger partial charge in [-0.25, -0.2) is 15.0 Å². The molecule has 0 unspecified atom stereocenters. The first kappa shape index (κ1) is 34.2. The third-order valence-electron chi connectivity index (χ3n) is 11.6. The van der Waals surface area contributed by atoms with Crippen LogP contribution in [0.3, 0.4) is 0 Å². The number of anilines is 3.